The molecule has 2 aliphatic rings. The summed E-state index contributed by atoms with van der Waals surface area (Å²) in [7, 11) is 0. The second kappa shape index (κ2) is 7.71. The molecule has 31 heavy (non-hydrogen) atoms. The van der Waals surface area contributed by atoms with Crippen molar-refractivity contribution in [2.45, 2.75) is 18.7 Å². The molecule has 2 aromatic carbocycles. The highest BCUT2D eigenvalue weighted by Gasteiger charge is 2.41. The molecule has 0 aliphatic carbocycles. The Morgan fingerprint density at radius 2 is 1.90 bits per heavy atom. The quantitative estimate of drug-likeness (QED) is 0.489. The SMILES string of the molecule is Fc1ccc(-c2cn3nc(N4CC5OCCN(Cc6ccccc6)C5C4)sc3n2)cc1. The van der Waals surface area contributed by atoms with E-state index in [0.717, 1.165) is 54.1 Å². The molecule has 2 aliphatic heterocycles. The molecule has 2 atom stereocenters. The second-order valence-electron chi connectivity index (χ2n) is 8.08. The average molecular weight is 436 g/mol. The molecule has 158 valence electrons. The molecule has 0 saturated carbocycles. The molecule has 2 aromatic heterocycles. The maximum Gasteiger partial charge on any atom is 0.214 e. The van der Waals surface area contributed by atoms with Gasteiger partial charge in [0.2, 0.25) is 10.1 Å². The number of aromatic nitrogens is 3. The highest BCUT2D eigenvalue weighted by Crippen LogP contribution is 2.32. The van der Waals surface area contributed by atoms with Crippen LogP contribution in [-0.2, 0) is 11.3 Å². The zero-order chi connectivity index (χ0) is 20.8. The zero-order valence-electron chi connectivity index (χ0n) is 16.9. The summed E-state index contributed by atoms with van der Waals surface area (Å²) in [4.78, 5) is 10.4. The fraction of sp³-hybridized carbons (Fsp3) is 0.304. The van der Waals surface area contributed by atoms with E-state index < -0.39 is 0 Å². The first-order chi connectivity index (χ1) is 15.2. The molecule has 6 nitrogen and oxygen atoms in total. The van der Waals surface area contributed by atoms with Gasteiger partial charge in [-0.15, -0.1) is 5.10 Å². The second-order valence-corrected chi connectivity index (χ2v) is 9.02. The highest BCUT2D eigenvalue weighted by atomic mass is 32.1. The van der Waals surface area contributed by atoms with E-state index in [1.807, 2.05) is 10.7 Å². The molecule has 6 rings (SSSR count). The van der Waals surface area contributed by atoms with Crippen LogP contribution in [0.5, 0.6) is 0 Å². The maximum absolute atomic E-state index is 13.2. The maximum atomic E-state index is 13.2. The van der Waals surface area contributed by atoms with Crippen molar-refractivity contribution < 1.29 is 9.13 Å². The summed E-state index contributed by atoms with van der Waals surface area (Å²) < 4.78 is 21.1. The zero-order valence-corrected chi connectivity index (χ0v) is 17.7. The number of ether oxygens (including phenoxy) is 1. The van der Waals surface area contributed by atoms with Gasteiger partial charge in [-0.25, -0.2) is 13.9 Å². The van der Waals surface area contributed by atoms with Crippen LogP contribution in [0.1, 0.15) is 5.56 Å². The van der Waals surface area contributed by atoms with Gasteiger partial charge in [-0.05, 0) is 29.8 Å². The fourth-order valence-corrected chi connectivity index (χ4v) is 5.41. The number of halogens is 1. The van der Waals surface area contributed by atoms with E-state index in [-0.39, 0.29) is 11.9 Å². The van der Waals surface area contributed by atoms with Crippen LogP contribution in [0, 0.1) is 5.82 Å². The van der Waals surface area contributed by atoms with Crippen LogP contribution in [0.4, 0.5) is 9.52 Å². The van der Waals surface area contributed by atoms with Gasteiger partial charge in [0, 0.05) is 31.7 Å². The molecule has 0 spiro atoms. The van der Waals surface area contributed by atoms with Crippen molar-refractivity contribution in [1.29, 1.82) is 0 Å². The first-order valence-corrected chi connectivity index (χ1v) is 11.3. The van der Waals surface area contributed by atoms with E-state index >= 15 is 0 Å². The van der Waals surface area contributed by atoms with Gasteiger partial charge < -0.3 is 9.64 Å². The summed E-state index contributed by atoms with van der Waals surface area (Å²) in [6.45, 7) is 4.41. The lowest BCUT2D eigenvalue weighted by Crippen LogP contribution is -2.50. The monoisotopic (exact) mass is 435 g/mol. The lowest BCUT2D eigenvalue weighted by Gasteiger charge is -2.36. The lowest BCUT2D eigenvalue weighted by atomic mass is 10.1. The van der Waals surface area contributed by atoms with E-state index in [2.05, 4.69) is 40.1 Å². The Balaban J connectivity index is 1.20. The van der Waals surface area contributed by atoms with Crippen molar-refractivity contribution in [3.05, 3.63) is 72.2 Å². The van der Waals surface area contributed by atoms with Gasteiger partial charge in [0.1, 0.15) is 5.82 Å². The third-order valence-electron chi connectivity index (χ3n) is 6.09. The Morgan fingerprint density at radius 1 is 1.06 bits per heavy atom. The molecule has 0 radical (unpaired) electrons. The Labute approximate surface area is 183 Å². The third kappa shape index (κ3) is 3.60. The standard InChI is InChI=1S/C23H22FN5OS/c24-18-8-6-17(7-9-18)19-13-29-22(25-19)31-23(26-29)28-14-20-21(15-28)30-11-10-27(20)12-16-4-2-1-3-5-16/h1-9,13,20-21H,10-12,14-15H2. The normalized spacial score (nSPS) is 21.6. The molecule has 0 N–H and O–H groups in total. The number of anilines is 1. The van der Waals surface area contributed by atoms with E-state index in [4.69, 9.17) is 14.8 Å². The van der Waals surface area contributed by atoms with Crippen molar-refractivity contribution in [3.8, 4) is 11.3 Å². The van der Waals surface area contributed by atoms with Crippen LogP contribution >= 0.6 is 11.3 Å². The Morgan fingerprint density at radius 3 is 2.71 bits per heavy atom. The fourth-order valence-electron chi connectivity index (χ4n) is 4.51. The minimum absolute atomic E-state index is 0.198. The van der Waals surface area contributed by atoms with Crippen molar-refractivity contribution in [2.75, 3.05) is 31.1 Å². The Bertz CT molecular complexity index is 1160. The summed E-state index contributed by atoms with van der Waals surface area (Å²) >= 11 is 1.58. The topological polar surface area (TPSA) is 45.9 Å². The summed E-state index contributed by atoms with van der Waals surface area (Å²) in [5.41, 5.74) is 3.03. The van der Waals surface area contributed by atoms with E-state index in [0.29, 0.717) is 6.04 Å². The number of imidazole rings is 1. The largest absolute Gasteiger partial charge is 0.373 e. The van der Waals surface area contributed by atoms with Crippen molar-refractivity contribution in [1.82, 2.24) is 19.5 Å². The van der Waals surface area contributed by atoms with Crippen molar-refractivity contribution in [3.63, 3.8) is 0 Å². The Kier molecular flexibility index (Phi) is 4.70. The van der Waals surface area contributed by atoms with Gasteiger partial charge in [0.25, 0.3) is 0 Å². The Hall–Kier alpha value is -2.81. The van der Waals surface area contributed by atoms with Crippen LogP contribution in [0.25, 0.3) is 16.2 Å². The van der Waals surface area contributed by atoms with Gasteiger partial charge in [0.05, 0.1) is 30.6 Å². The van der Waals surface area contributed by atoms with Gasteiger partial charge >= 0.3 is 0 Å². The predicted molar refractivity (Wildman–Crippen MR) is 119 cm³/mol. The predicted octanol–water partition coefficient (Wildman–Crippen LogP) is 3.69. The highest BCUT2D eigenvalue weighted by molar-refractivity contribution is 7.20. The number of fused-ring (bicyclic) bond motifs is 2. The first kappa shape index (κ1) is 18.9. The summed E-state index contributed by atoms with van der Waals surface area (Å²) in [5.74, 6) is -0.246. The van der Waals surface area contributed by atoms with Crippen LogP contribution in [0.15, 0.2) is 60.8 Å². The van der Waals surface area contributed by atoms with E-state index in [1.165, 1.54) is 17.7 Å². The summed E-state index contributed by atoms with van der Waals surface area (Å²) in [6, 6.07) is 17.4. The van der Waals surface area contributed by atoms with E-state index in [9.17, 15) is 4.39 Å². The molecule has 0 amide bonds. The van der Waals surface area contributed by atoms with Crippen molar-refractivity contribution >= 4 is 21.4 Å². The van der Waals surface area contributed by atoms with E-state index in [1.54, 1.807) is 23.5 Å². The number of hydrogen-bond acceptors (Lipinski definition) is 6. The number of nitrogens with zero attached hydrogens (tertiary/aromatic N) is 5. The van der Waals surface area contributed by atoms with Crippen LogP contribution in [0.3, 0.4) is 0 Å². The van der Waals surface area contributed by atoms with Gasteiger partial charge in [0.15, 0.2) is 0 Å². The van der Waals surface area contributed by atoms with Gasteiger partial charge in [-0.3, -0.25) is 4.90 Å². The minimum atomic E-state index is -0.246. The number of morpholine rings is 1. The molecule has 0 bridgehead atoms. The minimum Gasteiger partial charge on any atom is -0.373 e. The summed E-state index contributed by atoms with van der Waals surface area (Å²) in [6.07, 6.45) is 2.10. The average Bonchev–Trinajstić information content (AvgIpc) is 3.48. The number of benzene rings is 2. The molecule has 8 heteroatoms. The van der Waals surface area contributed by atoms with Crippen molar-refractivity contribution in [2.24, 2.45) is 0 Å². The molecule has 2 fully saturated rings. The smallest absolute Gasteiger partial charge is 0.214 e. The molecular formula is C23H22FN5OS. The molecular weight excluding hydrogens is 413 g/mol. The third-order valence-corrected chi connectivity index (χ3v) is 7.07. The number of hydrogen-bond donors (Lipinski definition) is 0. The van der Waals surface area contributed by atoms with Gasteiger partial charge in [-0.1, -0.05) is 41.7 Å². The summed E-state index contributed by atoms with van der Waals surface area (Å²) in [5, 5.41) is 5.74. The first-order valence-electron chi connectivity index (χ1n) is 10.5. The van der Waals surface area contributed by atoms with Gasteiger partial charge in [-0.2, -0.15) is 0 Å². The van der Waals surface area contributed by atoms with Crippen LogP contribution < -0.4 is 4.90 Å². The molecule has 4 heterocycles. The van der Waals surface area contributed by atoms with Crippen LogP contribution in [0.2, 0.25) is 0 Å². The van der Waals surface area contributed by atoms with Crippen LogP contribution in [-0.4, -0.2) is 57.9 Å². The number of rotatable bonds is 4. The molecule has 2 saturated heterocycles. The lowest BCUT2D eigenvalue weighted by molar-refractivity contribution is -0.0499. The molecule has 4 aromatic rings. The molecule has 2 unspecified atom stereocenters.